The first kappa shape index (κ1) is 21.5. The van der Waals surface area contributed by atoms with Crippen molar-refractivity contribution in [1.82, 2.24) is 20.2 Å². The summed E-state index contributed by atoms with van der Waals surface area (Å²) in [5.74, 6) is 1.62. The normalized spacial score (nSPS) is 10.8. The summed E-state index contributed by atoms with van der Waals surface area (Å²) in [5.41, 5.74) is 1.78. The predicted molar refractivity (Wildman–Crippen MR) is 114 cm³/mol. The highest BCUT2D eigenvalue weighted by Crippen LogP contribution is 2.37. The Labute approximate surface area is 183 Å². The van der Waals surface area contributed by atoms with Gasteiger partial charge in [-0.2, -0.15) is 0 Å². The summed E-state index contributed by atoms with van der Waals surface area (Å²) in [6.07, 6.45) is 0. The van der Waals surface area contributed by atoms with Crippen LogP contribution in [-0.4, -0.2) is 26.8 Å². The third kappa shape index (κ3) is 5.44. The summed E-state index contributed by atoms with van der Waals surface area (Å²) in [4.78, 5) is 0. The van der Waals surface area contributed by atoms with Gasteiger partial charge in [-0.15, -0.1) is 0 Å². The summed E-state index contributed by atoms with van der Waals surface area (Å²) in [7, 11) is 0. The minimum absolute atomic E-state index is 0.277. The van der Waals surface area contributed by atoms with Gasteiger partial charge in [-0.05, 0) is 59.7 Å². The maximum absolute atomic E-state index is 6.49. The first-order valence-corrected chi connectivity index (χ1v) is 10.2. The van der Waals surface area contributed by atoms with Gasteiger partial charge in [0, 0.05) is 13.1 Å². The van der Waals surface area contributed by atoms with Crippen LogP contribution in [0, 0.1) is 0 Å². The van der Waals surface area contributed by atoms with E-state index >= 15 is 0 Å². The highest BCUT2D eigenvalue weighted by atomic mass is 35.5. The lowest BCUT2D eigenvalue weighted by Crippen LogP contribution is -2.08. The largest absolute Gasteiger partial charge is 0.490 e. The number of anilines is 1. The highest BCUT2D eigenvalue weighted by Gasteiger charge is 2.14. The van der Waals surface area contributed by atoms with E-state index in [0.717, 1.165) is 11.1 Å². The molecule has 0 aliphatic heterocycles. The zero-order chi connectivity index (χ0) is 20.8. The molecule has 7 nitrogen and oxygen atoms in total. The SMILES string of the molecule is CCOc1cc(CNc2nnnn2CC)cc(Cl)c1OCc1ccc(Cl)c(Cl)c1. The number of nitrogens with one attached hydrogen (secondary N) is 1. The lowest BCUT2D eigenvalue weighted by atomic mass is 10.2. The lowest BCUT2D eigenvalue weighted by Gasteiger charge is -2.16. The summed E-state index contributed by atoms with van der Waals surface area (Å²) in [6, 6.07) is 9.04. The summed E-state index contributed by atoms with van der Waals surface area (Å²) >= 11 is 18.5. The van der Waals surface area contributed by atoms with Crippen LogP contribution in [0.2, 0.25) is 15.1 Å². The van der Waals surface area contributed by atoms with Gasteiger partial charge in [0.15, 0.2) is 11.5 Å². The van der Waals surface area contributed by atoms with Crippen molar-refractivity contribution in [2.75, 3.05) is 11.9 Å². The minimum Gasteiger partial charge on any atom is -0.490 e. The fourth-order valence-corrected chi connectivity index (χ4v) is 3.25. The molecule has 3 aromatic rings. The Hall–Kier alpha value is -2.22. The van der Waals surface area contributed by atoms with Gasteiger partial charge in [0.2, 0.25) is 5.95 Å². The van der Waals surface area contributed by atoms with E-state index in [1.807, 2.05) is 32.0 Å². The lowest BCUT2D eigenvalue weighted by molar-refractivity contribution is 0.269. The molecule has 0 saturated carbocycles. The van der Waals surface area contributed by atoms with E-state index in [2.05, 4.69) is 20.8 Å². The van der Waals surface area contributed by atoms with E-state index in [0.29, 0.717) is 52.2 Å². The fraction of sp³-hybridized carbons (Fsp3) is 0.316. The molecule has 0 aliphatic carbocycles. The molecule has 29 heavy (non-hydrogen) atoms. The molecule has 1 N–H and O–H groups in total. The first-order valence-electron chi connectivity index (χ1n) is 9.03. The van der Waals surface area contributed by atoms with Gasteiger partial charge in [-0.1, -0.05) is 46.0 Å². The van der Waals surface area contributed by atoms with Crippen LogP contribution in [0.1, 0.15) is 25.0 Å². The number of rotatable bonds is 9. The van der Waals surface area contributed by atoms with Crippen LogP contribution in [0.25, 0.3) is 0 Å². The van der Waals surface area contributed by atoms with Crippen LogP contribution in [0.15, 0.2) is 30.3 Å². The van der Waals surface area contributed by atoms with E-state index in [9.17, 15) is 0 Å². The maximum atomic E-state index is 6.49. The number of nitrogens with zero attached hydrogens (tertiary/aromatic N) is 4. The van der Waals surface area contributed by atoms with Crippen molar-refractivity contribution in [2.24, 2.45) is 0 Å². The zero-order valence-corrected chi connectivity index (χ0v) is 18.2. The number of aryl methyl sites for hydroxylation is 1. The molecule has 10 heteroatoms. The third-order valence-corrected chi connectivity index (χ3v) is 5.04. The van der Waals surface area contributed by atoms with Gasteiger partial charge in [0.1, 0.15) is 6.61 Å². The Morgan fingerprint density at radius 3 is 2.48 bits per heavy atom. The molecule has 0 radical (unpaired) electrons. The molecule has 1 aromatic heterocycles. The Morgan fingerprint density at radius 2 is 1.76 bits per heavy atom. The molecular formula is C19H20Cl3N5O2. The van der Waals surface area contributed by atoms with Crippen LogP contribution in [0.3, 0.4) is 0 Å². The standard InChI is InChI=1S/C19H20Cl3N5O2/c1-3-27-19(24-25-26-27)23-10-13-8-16(22)18(17(9-13)28-4-2)29-11-12-5-6-14(20)15(21)7-12/h5-9H,3-4,10-11H2,1-2H3,(H,23,24,26). The van der Waals surface area contributed by atoms with Gasteiger partial charge in [0.25, 0.3) is 0 Å². The monoisotopic (exact) mass is 455 g/mol. The molecule has 0 spiro atoms. The van der Waals surface area contributed by atoms with Gasteiger partial charge >= 0.3 is 0 Å². The van der Waals surface area contributed by atoms with Gasteiger partial charge in [0.05, 0.1) is 21.7 Å². The van der Waals surface area contributed by atoms with Crippen molar-refractivity contribution < 1.29 is 9.47 Å². The average molecular weight is 457 g/mol. The molecule has 154 valence electrons. The van der Waals surface area contributed by atoms with E-state index in [4.69, 9.17) is 44.3 Å². The third-order valence-electron chi connectivity index (χ3n) is 4.02. The molecule has 2 aromatic carbocycles. The molecule has 0 unspecified atom stereocenters. The van der Waals surface area contributed by atoms with Crippen LogP contribution in [0.5, 0.6) is 11.5 Å². The van der Waals surface area contributed by atoms with Crippen LogP contribution in [-0.2, 0) is 19.7 Å². The van der Waals surface area contributed by atoms with Crippen molar-refractivity contribution in [3.63, 3.8) is 0 Å². The molecule has 1 heterocycles. The Balaban J connectivity index is 1.75. The smallest absolute Gasteiger partial charge is 0.243 e. The topological polar surface area (TPSA) is 74.1 Å². The first-order chi connectivity index (χ1) is 14.0. The quantitative estimate of drug-likeness (QED) is 0.474. The summed E-state index contributed by atoms with van der Waals surface area (Å²) < 4.78 is 13.3. The van der Waals surface area contributed by atoms with Crippen LogP contribution in [0.4, 0.5) is 5.95 Å². The molecule has 0 aliphatic rings. The van der Waals surface area contributed by atoms with Gasteiger partial charge in [-0.3, -0.25) is 0 Å². The van der Waals surface area contributed by atoms with Crippen molar-refractivity contribution >= 4 is 40.8 Å². The van der Waals surface area contributed by atoms with Crippen molar-refractivity contribution in [1.29, 1.82) is 0 Å². The highest BCUT2D eigenvalue weighted by molar-refractivity contribution is 6.42. The number of hydrogen-bond acceptors (Lipinski definition) is 6. The van der Waals surface area contributed by atoms with E-state index in [1.165, 1.54) is 0 Å². The number of halogens is 3. The number of tetrazole rings is 1. The molecule has 0 amide bonds. The number of benzene rings is 2. The zero-order valence-electron chi connectivity index (χ0n) is 16.0. The Bertz CT molecular complexity index is 980. The second-order valence-electron chi connectivity index (χ2n) is 6.05. The van der Waals surface area contributed by atoms with Crippen LogP contribution >= 0.6 is 34.8 Å². The van der Waals surface area contributed by atoms with Crippen molar-refractivity contribution in [2.45, 2.75) is 33.5 Å². The second kappa shape index (κ2) is 10.0. The van der Waals surface area contributed by atoms with Gasteiger partial charge < -0.3 is 14.8 Å². The molecule has 0 fully saturated rings. The summed E-state index contributed by atoms with van der Waals surface area (Å²) in [5, 5.41) is 16.1. The number of aromatic nitrogens is 4. The second-order valence-corrected chi connectivity index (χ2v) is 7.27. The van der Waals surface area contributed by atoms with Crippen molar-refractivity contribution in [3.8, 4) is 11.5 Å². The van der Waals surface area contributed by atoms with E-state index in [1.54, 1.807) is 16.8 Å². The number of hydrogen-bond donors (Lipinski definition) is 1. The average Bonchev–Trinajstić information content (AvgIpc) is 3.16. The predicted octanol–water partition coefficient (Wildman–Crippen LogP) is 5.24. The Kier molecular flexibility index (Phi) is 7.41. The van der Waals surface area contributed by atoms with E-state index < -0.39 is 0 Å². The molecular weight excluding hydrogens is 437 g/mol. The molecule has 0 saturated heterocycles. The van der Waals surface area contributed by atoms with Crippen LogP contribution < -0.4 is 14.8 Å². The van der Waals surface area contributed by atoms with Gasteiger partial charge in [-0.25, -0.2) is 4.68 Å². The maximum Gasteiger partial charge on any atom is 0.243 e. The minimum atomic E-state index is 0.277. The van der Waals surface area contributed by atoms with Crippen molar-refractivity contribution in [3.05, 3.63) is 56.5 Å². The molecule has 3 rings (SSSR count). The van der Waals surface area contributed by atoms with E-state index in [-0.39, 0.29) is 6.61 Å². The molecule has 0 atom stereocenters. The fourth-order valence-electron chi connectivity index (χ4n) is 2.64. The number of ether oxygens (including phenoxy) is 2. The molecule has 0 bridgehead atoms. The summed E-state index contributed by atoms with van der Waals surface area (Å²) in [6.45, 7) is 5.77. The Morgan fingerprint density at radius 1 is 0.966 bits per heavy atom.